The topological polar surface area (TPSA) is 73.5 Å². The van der Waals surface area contributed by atoms with Crippen molar-refractivity contribution in [2.24, 2.45) is 5.92 Å². The quantitative estimate of drug-likeness (QED) is 0.549. The molecule has 6 heteroatoms. The van der Waals surface area contributed by atoms with Crippen LogP contribution in [-0.4, -0.2) is 55.6 Å². The Kier molecular flexibility index (Phi) is 3.40. The molecule has 2 aliphatic heterocycles. The molecule has 3 amide bonds. The molecule has 2 unspecified atom stereocenters. The summed E-state index contributed by atoms with van der Waals surface area (Å²) in [5.41, 5.74) is 0. The number of nitrogens with zero attached hydrogens (tertiary/aromatic N) is 1. The third kappa shape index (κ3) is 2.51. The molecule has 3 N–H and O–H groups in total. The average Bonchev–Trinajstić information content (AvgIpc) is 2.25. The molecule has 2 atom stereocenters. The van der Waals surface area contributed by atoms with Crippen molar-refractivity contribution in [1.82, 2.24) is 20.9 Å². The fourth-order valence-corrected chi connectivity index (χ4v) is 2.19. The highest BCUT2D eigenvalue weighted by molar-refractivity contribution is 5.98. The molecule has 0 aromatic heterocycles. The molecule has 0 bridgehead atoms. The third-order valence-corrected chi connectivity index (χ3v) is 3.20. The van der Waals surface area contributed by atoms with Crippen LogP contribution in [0.4, 0.5) is 4.79 Å². The van der Waals surface area contributed by atoms with E-state index in [1.165, 1.54) is 0 Å². The summed E-state index contributed by atoms with van der Waals surface area (Å²) >= 11 is 0. The molecule has 0 aliphatic carbocycles. The van der Waals surface area contributed by atoms with Gasteiger partial charge in [0.2, 0.25) is 5.91 Å². The van der Waals surface area contributed by atoms with Crippen LogP contribution in [0.5, 0.6) is 0 Å². The molecule has 2 heterocycles. The summed E-state index contributed by atoms with van der Waals surface area (Å²) in [4.78, 5) is 25.0. The van der Waals surface area contributed by atoms with E-state index < -0.39 is 0 Å². The first-order valence-electron chi connectivity index (χ1n) is 5.71. The van der Waals surface area contributed by atoms with Crippen molar-refractivity contribution in [2.45, 2.75) is 13.0 Å². The maximum Gasteiger partial charge on any atom is 0.321 e. The van der Waals surface area contributed by atoms with E-state index in [9.17, 15) is 9.59 Å². The molecule has 2 saturated heterocycles. The van der Waals surface area contributed by atoms with Gasteiger partial charge in [-0.15, -0.1) is 0 Å². The highest BCUT2D eigenvalue weighted by atomic mass is 16.2. The molecule has 90 valence electrons. The Labute approximate surface area is 94.7 Å². The number of rotatable bonds is 2. The molecule has 2 fully saturated rings. The summed E-state index contributed by atoms with van der Waals surface area (Å²) in [7, 11) is 0. The molecule has 0 spiro atoms. The second-order valence-corrected chi connectivity index (χ2v) is 4.41. The van der Waals surface area contributed by atoms with Crippen LogP contribution in [0.3, 0.4) is 0 Å². The SMILES string of the molecule is CC1NC(=O)NC(=O)C1CN1CCNCC1. The van der Waals surface area contributed by atoms with Crippen LogP contribution in [-0.2, 0) is 4.79 Å². The molecule has 2 aliphatic rings. The Morgan fingerprint density at radius 3 is 2.62 bits per heavy atom. The number of amides is 3. The second kappa shape index (κ2) is 4.80. The van der Waals surface area contributed by atoms with Crippen molar-refractivity contribution in [2.75, 3.05) is 32.7 Å². The van der Waals surface area contributed by atoms with Crippen molar-refractivity contribution < 1.29 is 9.59 Å². The summed E-state index contributed by atoms with van der Waals surface area (Å²) < 4.78 is 0. The Bertz CT molecular complexity index is 289. The van der Waals surface area contributed by atoms with Crippen LogP contribution in [0.1, 0.15) is 6.92 Å². The summed E-state index contributed by atoms with van der Waals surface area (Å²) in [6, 6.07) is -0.467. The van der Waals surface area contributed by atoms with E-state index in [0.717, 1.165) is 32.7 Å². The fraction of sp³-hybridized carbons (Fsp3) is 0.800. The zero-order chi connectivity index (χ0) is 11.5. The third-order valence-electron chi connectivity index (χ3n) is 3.20. The van der Waals surface area contributed by atoms with Gasteiger partial charge in [0.25, 0.3) is 0 Å². The summed E-state index contributed by atoms with van der Waals surface area (Å²) in [6.07, 6.45) is 0. The lowest BCUT2D eigenvalue weighted by molar-refractivity contribution is -0.126. The van der Waals surface area contributed by atoms with Gasteiger partial charge in [0.1, 0.15) is 0 Å². The van der Waals surface area contributed by atoms with Crippen LogP contribution in [0.2, 0.25) is 0 Å². The van der Waals surface area contributed by atoms with Gasteiger partial charge in [-0.3, -0.25) is 15.0 Å². The van der Waals surface area contributed by atoms with Gasteiger partial charge in [-0.2, -0.15) is 0 Å². The van der Waals surface area contributed by atoms with Gasteiger partial charge in [-0.1, -0.05) is 0 Å². The first-order valence-corrected chi connectivity index (χ1v) is 5.71. The van der Waals surface area contributed by atoms with Gasteiger partial charge >= 0.3 is 6.03 Å². The molecule has 0 aromatic carbocycles. The number of piperazine rings is 1. The average molecular weight is 226 g/mol. The van der Waals surface area contributed by atoms with Crippen LogP contribution >= 0.6 is 0 Å². The van der Waals surface area contributed by atoms with E-state index in [1.807, 2.05) is 6.92 Å². The van der Waals surface area contributed by atoms with Gasteiger partial charge in [0, 0.05) is 38.8 Å². The van der Waals surface area contributed by atoms with Gasteiger partial charge < -0.3 is 10.6 Å². The molecule has 6 nitrogen and oxygen atoms in total. The molecule has 16 heavy (non-hydrogen) atoms. The van der Waals surface area contributed by atoms with Gasteiger partial charge in [-0.25, -0.2) is 4.79 Å². The summed E-state index contributed by atoms with van der Waals surface area (Å²) in [5.74, 6) is -0.300. The van der Waals surface area contributed by atoms with Crippen LogP contribution in [0.15, 0.2) is 0 Å². The predicted octanol–water partition coefficient (Wildman–Crippen LogP) is -1.26. The standard InChI is InChI=1S/C10H18N4O2/c1-7-8(9(15)13-10(16)12-7)6-14-4-2-11-3-5-14/h7-8,11H,2-6H2,1H3,(H2,12,13,15,16). The van der Waals surface area contributed by atoms with Crippen molar-refractivity contribution in [3.8, 4) is 0 Å². The fourth-order valence-electron chi connectivity index (χ4n) is 2.19. The number of hydrogen-bond acceptors (Lipinski definition) is 4. The van der Waals surface area contributed by atoms with E-state index in [0.29, 0.717) is 0 Å². The zero-order valence-corrected chi connectivity index (χ0v) is 9.45. The molecule has 0 radical (unpaired) electrons. The van der Waals surface area contributed by atoms with Crippen molar-refractivity contribution in [3.05, 3.63) is 0 Å². The van der Waals surface area contributed by atoms with Crippen molar-refractivity contribution in [1.29, 1.82) is 0 Å². The maximum atomic E-state index is 11.7. The summed E-state index contributed by atoms with van der Waals surface area (Å²) in [5, 5.41) is 8.32. The highest BCUT2D eigenvalue weighted by Crippen LogP contribution is 2.11. The monoisotopic (exact) mass is 226 g/mol. The Balaban J connectivity index is 1.91. The van der Waals surface area contributed by atoms with E-state index >= 15 is 0 Å². The smallest absolute Gasteiger partial charge is 0.321 e. The Morgan fingerprint density at radius 1 is 1.31 bits per heavy atom. The Hall–Kier alpha value is -1.14. The highest BCUT2D eigenvalue weighted by Gasteiger charge is 2.33. The van der Waals surface area contributed by atoms with E-state index in [4.69, 9.17) is 0 Å². The molecule has 0 aromatic rings. The van der Waals surface area contributed by atoms with Crippen LogP contribution in [0, 0.1) is 5.92 Å². The number of carbonyl (C=O) groups excluding carboxylic acids is 2. The van der Waals surface area contributed by atoms with Crippen molar-refractivity contribution in [3.63, 3.8) is 0 Å². The van der Waals surface area contributed by atoms with Crippen LogP contribution in [0.25, 0.3) is 0 Å². The van der Waals surface area contributed by atoms with E-state index in [-0.39, 0.29) is 23.9 Å². The van der Waals surface area contributed by atoms with Gasteiger partial charge in [0.15, 0.2) is 0 Å². The molecule has 2 rings (SSSR count). The number of urea groups is 1. The minimum Gasteiger partial charge on any atom is -0.334 e. The molecular formula is C10H18N4O2. The summed E-state index contributed by atoms with van der Waals surface area (Å²) in [6.45, 7) is 6.46. The lowest BCUT2D eigenvalue weighted by atomic mass is 9.97. The number of imide groups is 1. The van der Waals surface area contributed by atoms with Crippen LogP contribution < -0.4 is 16.0 Å². The first kappa shape index (κ1) is 11.3. The molecule has 0 saturated carbocycles. The molecular weight excluding hydrogens is 208 g/mol. The predicted molar refractivity (Wildman–Crippen MR) is 58.9 cm³/mol. The maximum absolute atomic E-state index is 11.7. The van der Waals surface area contributed by atoms with Gasteiger partial charge in [0.05, 0.1) is 5.92 Å². The number of carbonyl (C=O) groups is 2. The van der Waals surface area contributed by atoms with Crippen molar-refractivity contribution >= 4 is 11.9 Å². The largest absolute Gasteiger partial charge is 0.334 e. The lowest BCUT2D eigenvalue weighted by Crippen LogP contribution is -2.60. The van der Waals surface area contributed by atoms with E-state index in [2.05, 4.69) is 20.9 Å². The first-order chi connectivity index (χ1) is 7.66. The zero-order valence-electron chi connectivity index (χ0n) is 9.45. The lowest BCUT2D eigenvalue weighted by Gasteiger charge is -2.35. The van der Waals surface area contributed by atoms with Gasteiger partial charge in [-0.05, 0) is 6.92 Å². The minimum atomic E-state index is -0.380. The Morgan fingerprint density at radius 2 is 2.00 bits per heavy atom. The number of hydrogen-bond donors (Lipinski definition) is 3. The van der Waals surface area contributed by atoms with E-state index in [1.54, 1.807) is 0 Å². The minimum absolute atomic E-state index is 0.0869. The second-order valence-electron chi connectivity index (χ2n) is 4.41. The normalized spacial score (nSPS) is 32.1. The number of nitrogens with one attached hydrogen (secondary N) is 3.